The highest BCUT2D eigenvalue weighted by atomic mass is 79.9. The first kappa shape index (κ1) is 19.6. The van der Waals surface area contributed by atoms with Crippen molar-refractivity contribution in [2.24, 2.45) is 5.73 Å². The van der Waals surface area contributed by atoms with Crippen LogP contribution in [0.1, 0.15) is 6.42 Å². The van der Waals surface area contributed by atoms with Crippen LogP contribution in [-0.2, 0) is 16.1 Å². The van der Waals surface area contributed by atoms with Gasteiger partial charge in [0, 0.05) is 23.1 Å². The molecule has 0 atom stereocenters. The van der Waals surface area contributed by atoms with Gasteiger partial charge in [-0.15, -0.1) is 21.5 Å². The number of hydrogen-bond donors (Lipinski definition) is 2. The number of halogens is 1. The van der Waals surface area contributed by atoms with E-state index in [1.807, 2.05) is 46.3 Å². The number of nitrogens with one attached hydrogen (secondary N) is 1. The topological polar surface area (TPSA) is 103 Å². The van der Waals surface area contributed by atoms with Crippen LogP contribution in [0.15, 0.2) is 51.4 Å². The number of anilines is 1. The minimum absolute atomic E-state index is 0.149. The summed E-state index contributed by atoms with van der Waals surface area (Å²) in [6.45, 7) is 0.367. The summed E-state index contributed by atoms with van der Waals surface area (Å²) in [7, 11) is 0. The van der Waals surface area contributed by atoms with Crippen LogP contribution in [0.25, 0.3) is 10.7 Å². The second-order valence-corrected chi connectivity index (χ2v) is 8.30. The molecular weight excluding hydrogens is 450 g/mol. The number of thiophene rings is 1. The molecule has 3 rings (SSSR count). The Kier molecular flexibility index (Phi) is 6.64. The molecule has 0 aliphatic carbocycles. The molecule has 0 aliphatic heterocycles. The van der Waals surface area contributed by atoms with Crippen molar-refractivity contribution in [3.63, 3.8) is 0 Å². The van der Waals surface area contributed by atoms with Crippen LogP contribution in [0.5, 0.6) is 0 Å². The molecule has 7 nitrogen and oxygen atoms in total. The van der Waals surface area contributed by atoms with Crippen LogP contribution in [0.4, 0.5) is 5.69 Å². The lowest BCUT2D eigenvalue weighted by atomic mass is 10.3. The third-order valence-corrected chi connectivity index (χ3v) is 5.86. The molecule has 3 aromatic rings. The number of rotatable bonds is 8. The Labute approximate surface area is 172 Å². The first-order chi connectivity index (χ1) is 13.0. The van der Waals surface area contributed by atoms with Crippen LogP contribution in [0.3, 0.4) is 0 Å². The lowest BCUT2D eigenvalue weighted by Crippen LogP contribution is -2.16. The van der Waals surface area contributed by atoms with Gasteiger partial charge >= 0.3 is 0 Å². The average Bonchev–Trinajstić information content (AvgIpc) is 3.29. The Bertz CT molecular complexity index is 925. The summed E-state index contributed by atoms with van der Waals surface area (Å²) in [4.78, 5) is 24.3. The SMILES string of the molecule is NC(=O)CCn1c(SCC(=O)Nc2ccc(Br)cc2)nnc1-c1cccs1. The van der Waals surface area contributed by atoms with Crippen molar-refractivity contribution in [1.29, 1.82) is 0 Å². The van der Waals surface area contributed by atoms with E-state index in [0.717, 1.165) is 15.0 Å². The molecule has 2 aromatic heterocycles. The van der Waals surface area contributed by atoms with E-state index in [4.69, 9.17) is 5.73 Å². The van der Waals surface area contributed by atoms with E-state index >= 15 is 0 Å². The van der Waals surface area contributed by atoms with Crippen LogP contribution in [0.2, 0.25) is 0 Å². The molecule has 27 heavy (non-hydrogen) atoms. The smallest absolute Gasteiger partial charge is 0.234 e. The van der Waals surface area contributed by atoms with Crippen LogP contribution < -0.4 is 11.1 Å². The van der Waals surface area contributed by atoms with Crippen molar-refractivity contribution in [2.75, 3.05) is 11.1 Å². The summed E-state index contributed by atoms with van der Waals surface area (Å²) in [5, 5.41) is 13.8. The zero-order valence-electron chi connectivity index (χ0n) is 14.1. The number of thioether (sulfide) groups is 1. The number of carbonyl (C=O) groups is 2. The first-order valence-corrected chi connectivity index (χ1v) is 10.6. The first-order valence-electron chi connectivity index (χ1n) is 7.96. The third-order valence-electron chi connectivity index (χ3n) is 3.50. The van der Waals surface area contributed by atoms with Crippen molar-refractivity contribution in [1.82, 2.24) is 14.8 Å². The van der Waals surface area contributed by atoms with Crippen LogP contribution >= 0.6 is 39.0 Å². The number of nitrogens with two attached hydrogens (primary N) is 1. The molecule has 0 saturated heterocycles. The fourth-order valence-electron chi connectivity index (χ4n) is 2.27. The molecule has 0 spiro atoms. The van der Waals surface area contributed by atoms with Crippen molar-refractivity contribution >= 4 is 56.5 Å². The second kappa shape index (κ2) is 9.16. The number of hydrogen-bond acceptors (Lipinski definition) is 6. The summed E-state index contributed by atoms with van der Waals surface area (Å²) in [6, 6.07) is 11.2. The van der Waals surface area contributed by atoms with Gasteiger partial charge in [-0.2, -0.15) is 0 Å². The van der Waals surface area contributed by atoms with Gasteiger partial charge in [0.15, 0.2) is 11.0 Å². The Morgan fingerprint density at radius 1 is 1.22 bits per heavy atom. The summed E-state index contributed by atoms with van der Waals surface area (Å²) in [5.41, 5.74) is 6.00. The minimum Gasteiger partial charge on any atom is -0.370 e. The predicted octanol–water partition coefficient (Wildman–Crippen LogP) is 3.38. The average molecular weight is 466 g/mol. The van der Waals surface area contributed by atoms with E-state index in [-0.39, 0.29) is 18.1 Å². The minimum atomic E-state index is -0.398. The second-order valence-electron chi connectivity index (χ2n) is 5.50. The van der Waals surface area contributed by atoms with E-state index in [1.54, 1.807) is 0 Å². The molecule has 3 N–H and O–H groups in total. The molecule has 0 radical (unpaired) electrons. The van der Waals surface area contributed by atoms with Gasteiger partial charge in [-0.05, 0) is 35.7 Å². The van der Waals surface area contributed by atoms with Gasteiger partial charge < -0.3 is 15.6 Å². The Balaban J connectivity index is 1.69. The number of nitrogens with zero attached hydrogens (tertiary/aromatic N) is 3. The largest absolute Gasteiger partial charge is 0.370 e. The number of carbonyl (C=O) groups excluding carboxylic acids is 2. The van der Waals surface area contributed by atoms with Gasteiger partial charge in [0.05, 0.1) is 10.6 Å². The zero-order valence-corrected chi connectivity index (χ0v) is 17.3. The zero-order chi connectivity index (χ0) is 19.2. The molecule has 1 aromatic carbocycles. The maximum atomic E-state index is 12.2. The van der Waals surface area contributed by atoms with Crippen molar-refractivity contribution in [3.05, 3.63) is 46.3 Å². The number of aromatic nitrogens is 3. The summed E-state index contributed by atoms with van der Waals surface area (Å²) < 4.78 is 2.77. The Hall–Kier alpha value is -2.17. The van der Waals surface area contributed by atoms with E-state index in [9.17, 15) is 9.59 Å². The number of benzene rings is 1. The highest BCUT2D eigenvalue weighted by molar-refractivity contribution is 9.10. The fraction of sp³-hybridized carbons (Fsp3) is 0.176. The highest BCUT2D eigenvalue weighted by Gasteiger charge is 2.17. The van der Waals surface area contributed by atoms with Gasteiger partial charge in [0.2, 0.25) is 11.8 Å². The molecule has 2 amide bonds. The molecule has 0 saturated carbocycles. The van der Waals surface area contributed by atoms with Gasteiger partial charge in [0.1, 0.15) is 0 Å². The predicted molar refractivity (Wildman–Crippen MR) is 111 cm³/mol. The summed E-state index contributed by atoms with van der Waals surface area (Å²) in [5.74, 6) is 0.297. The molecule has 0 fully saturated rings. The maximum absolute atomic E-state index is 12.2. The maximum Gasteiger partial charge on any atom is 0.234 e. The molecular formula is C17H16BrN5O2S2. The van der Waals surface area contributed by atoms with E-state index in [0.29, 0.717) is 17.5 Å². The fourth-order valence-corrected chi connectivity index (χ4v) is 4.01. The molecule has 140 valence electrons. The van der Waals surface area contributed by atoms with Crippen LogP contribution in [0, 0.1) is 0 Å². The molecule has 0 unspecified atom stereocenters. The molecule has 10 heteroatoms. The van der Waals surface area contributed by atoms with Crippen molar-refractivity contribution in [2.45, 2.75) is 18.1 Å². The number of primary amides is 1. The quantitative estimate of drug-likeness (QED) is 0.496. The van der Waals surface area contributed by atoms with Gasteiger partial charge in [-0.3, -0.25) is 9.59 Å². The summed E-state index contributed by atoms with van der Waals surface area (Å²) >= 11 is 6.16. The lowest BCUT2D eigenvalue weighted by molar-refractivity contribution is -0.118. The van der Waals surface area contributed by atoms with Gasteiger partial charge in [-0.1, -0.05) is 33.8 Å². The number of amides is 2. The Morgan fingerprint density at radius 2 is 2.00 bits per heavy atom. The normalized spacial score (nSPS) is 10.7. The molecule has 0 aliphatic rings. The monoisotopic (exact) mass is 465 g/mol. The van der Waals surface area contributed by atoms with Crippen LogP contribution in [-0.4, -0.2) is 32.3 Å². The third kappa shape index (κ3) is 5.41. The molecule has 2 heterocycles. The van der Waals surface area contributed by atoms with Gasteiger partial charge in [0.25, 0.3) is 0 Å². The summed E-state index contributed by atoms with van der Waals surface area (Å²) in [6.07, 6.45) is 0.176. The standard InChI is InChI=1S/C17H16BrN5O2S2/c18-11-3-5-12(6-4-11)20-15(25)10-27-17-22-21-16(13-2-1-9-26-13)23(17)8-7-14(19)24/h1-6,9H,7-8,10H2,(H2,19,24)(H,20,25). The van der Waals surface area contributed by atoms with E-state index < -0.39 is 5.91 Å². The lowest BCUT2D eigenvalue weighted by Gasteiger charge is -2.08. The molecule has 0 bridgehead atoms. The van der Waals surface area contributed by atoms with Crippen molar-refractivity contribution in [3.8, 4) is 10.7 Å². The van der Waals surface area contributed by atoms with E-state index in [1.165, 1.54) is 23.1 Å². The van der Waals surface area contributed by atoms with Crippen molar-refractivity contribution < 1.29 is 9.59 Å². The Morgan fingerprint density at radius 3 is 2.67 bits per heavy atom. The van der Waals surface area contributed by atoms with Gasteiger partial charge in [-0.25, -0.2) is 0 Å². The van der Waals surface area contributed by atoms with E-state index in [2.05, 4.69) is 31.4 Å². The highest BCUT2D eigenvalue weighted by Crippen LogP contribution is 2.27.